The number of aromatic nitrogens is 1. The molecule has 1 heterocycles. The van der Waals surface area contributed by atoms with Crippen molar-refractivity contribution in [3.05, 3.63) is 24.5 Å². The predicted octanol–water partition coefficient (Wildman–Crippen LogP) is 0.943. The van der Waals surface area contributed by atoms with Crippen molar-refractivity contribution in [1.82, 2.24) is 20.3 Å². The van der Waals surface area contributed by atoms with Crippen LogP contribution in [0.25, 0.3) is 0 Å². The van der Waals surface area contributed by atoms with E-state index in [1.165, 1.54) is 18.5 Å². The Morgan fingerprint density at radius 3 is 2.59 bits per heavy atom. The predicted molar refractivity (Wildman–Crippen MR) is 99.1 cm³/mol. The molecule has 0 aliphatic carbocycles. The number of unbranched alkanes of at least 4 members (excludes halogenated alkanes) is 1. The monoisotopic (exact) mass is 441 g/mol. The van der Waals surface area contributed by atoms with E-state index in [0.717, 1.165) is 19.4 Å². The van der Waals surface area contributed by atoms with Crippen molar-refractivity contribution in [3.63, 3.8) is 0 Å². The third-order valence-corrected chi connectivity index (χ3v) is 4.15. The van der Waals surface area contributed by atoms with Crippen LogP contribution in [0, 0.1) is 0 Å². The van der Waals surface area contributed by atoms with Gasteiger partial charge < -0.3 is 10.6 Å². The summed E-state index contributed by atoms with van der Waals surface area (Å²) >= 11 is 0. The molecule has 0 aliphatic heterocycles. The summed E-state index contributed by atoms with van der Waals surface area (Å²) in [5.74, 6) is 0.670. The van der Waals surface area contributed by atoms with Gasteiger partial charge in [0.2, 0.25) is 10.0 Å². The highest BCUT2D eigenvalue weighted by molar-refractivity contribution is 14.0. The minimum atomic E-state index is -3.50. The topological polar surface area (TPSA) is 95.5 Å². The van der Waals surface area contributed by atoms with Crippen molar-refractivity contribution in [2.24, 2.45) is 4.99 Å². The lowest BCUT2D eigenvalue weighted by Crippen LogP contribution is -2.41. The normalized spacial score (nSPS) is 11.6. The largest absolute Gasteiger partial charge is 0.356 e. The lowest BCUT2D eigenvalue weighted by molar-refractivity contribution is 0.580. The molecule has 1 aromatic heterocycles. The number of nitrogens with zero attached hydrogens (tertiary/aromatic N) is 2. The number of hydrogen-bond acceptors (Lipinski definition) is 4. The number of nitrogens with one attached hydrogen (secondary N) is 3. The second kappa shape index (κ2) is 11.6. The van der Waals surface area contributed by atoms with Crippen LogP contribution in [-0.2, 0) is 10.0 Å². The van der Waals surface area contributed by atoms with Crippen molar-refractivity contribution >= 4 is 40.0 Å². The summed E-state index contributed by atoms with van der Waals surface area (Å²) in [4.78, 5) is 8.02. The van der Waals surface area contributed by atoms with E-state index in [2.05, 4.69) is 32.3 Å². The Bertz CT molecular complexity index is 537. The quantitative estimate of drug-likeness (QED) is 0.242. The van der Waals surface area contributed by atoms with E-state index < -0.39 is 10.0 Å². The van der Waals surface area contributed by atoms with Crippen LogP contribution >= 0.6 is 24.0 Å². The SMILES string of the molecule is CCCCNC(=NC)NCCNS(=O)(=O)c1cccnc1.I. The Morgan fingerprint density at radius 1 is 1.27 bits per heavy atom. The van der Waals surface area contributed by atoms with E-state index >= 15 is 0 Å². The van der Waals surface area contributed by atoms with Gasteiger partial charge in [0.25, 0.3) is 0 Å². The first kappa shape index (κ1) is 21.1. The number of pyridine rings is 1. The van der Waals surface area contributed by atoms with Crippen LogP contribution in [0.5, 0.6) is 0 Å². The van der Waals surface area contributed by atoms with Crippen LogP contribution in [0.4, 0.5) is 0 Å². The van der Waals surface area contributed by atoms with Gasteiger partial charge in [0.1, 0.15) is 4.90 Å². The maximum Gasteiger partial charge on any atom is 0.242 e. The molecule has 22 heavy (non-hydrogen) atoms. The van der Waals surface area contributed by atoms with Gasteiger partial charge in [0, 0.05) is 39.1 Å². The summed E-state index contributed by atoms with van der Waals surface area (Å²) in [7, 11) is -1.82. The van der Waals surface area contributed by atoms with Crippen LogP contribution in [0.15, 0.2) is 34.4 Å². The van der Waals surface area contributed by atoms with Gasteiger partial charge in [-0.3, -0.25) is 9.98 Å². The number of halogens is 1. The van der Waals surface area contributed by atoms with Gasteiger partial charge in [-0.05, 0) is 18.6 Å². The zero-order chi connectivity index (χ0) is 15.6. The third kappa shape index (κ3) is 7.90. The zero-order valence-corrected chi connectivity index (χ0v) is 16.0. The lowest BCUT2D eigenvalue weighted by Gasteiger charge is -2.12. The molecule has 9 heteroatoms. The van der Waals surface area contributed by atoms with E-state index in [-0.39, 0.29) is 35.4 Å². The fraction of sp³-hybridized carbons (Fsp3) is 0.538. The molecule has 0 aromatic carbocycles. The lowest BCUT2D eigenvalue weighted by atomic mass is 10.3. The summed E-state index contributed by atoms with van der Waals surface area (Å²) in [6.45, 7) is 3.68. The van der Waals surface area contributed by atoms with Gasteiger partial charge in [0.15, 0.2) is 5.96 Å². The number of aliphatic imine (C=N–C) groups is 1. The Labute approximate surface area is 149 Å². The molecule has 7 nitrogen and oxygen atoms in total. The highest BCUT2D eigenvalue weighted by atomic mass is 127. The summed E-state index contributed by atoms with van der Waals surface area (Å²) in [6, 6.07) is 3.10. The molecule has 0 radical (unpaired) electrons. The Kier molecular flexibility index (Phi) is 11.1. The molecule has 0 bridgehead atoms. The van der Waals surface area contributed by atoms with Crippen molar-refractivity contribution in [1.29, 1.82) is 0 Å². The molecule has 0 aliphatic rings. The molecule has 1 rings (SSSR count). The van der Waals surface area contributed by atoms with E-state index in [0.29, 0.717) is 12.5 Å². The van der Waals surface area contributed by atoms with E-state index in [1.807, 2.05) is 0 Å². The fourth-order valence-corrected chi connectivity index (χ4v) is 2.55. The minimum Gasteiger partial charge on any atom is -0.356 e. The molecule has 0 atom stereocenters. The Balaban J connectivity index is 0.00000441. The van der Waals surface area contributed by atoms with Crippen molar-refractivity contribution in [2.75, 3.05) is 26.7 Å². The average Bonchev–Trinajstić information content (AvgIpc) is 2.50. The van der Waals surface area contributed by atoms with Crippen molar-refractivity contribution in [3.8, 4) is 0 Å². The molecule has 0 amide bonds. The maximum atomic E-state index is 11.9. The van der Waals surface area contributed by atoms with Crippen LogP contribution in [0.3, 0.4) is 0 Å². The summed E-state index contributed by atoms with van der Waals surface area (Å²) in [6.07, 6.45) is 5.02. The van der Waals surface area contributed by atoms with E-state index in [4.69, 9.17) is 0 Å². The van der Waals surface area contributed by atoms with Crippen LogP contribution in [-0.4, -0.2) is 46.0 Å². The molecule has 0 spiro atoms. The average molecular weight is 441 g/mol. The standard InChI is InChI=1S/C13H23N5O2S.HI/c1-3-4-8-16-13(14-2)17-9-10-18-21(19,20)12-6-5-7-15-11-12;/h5-7,11,18H,3-4,8-10H2,1-2H3,(H2,14,16,17);1H. The molecule has 126 valence electrons. The van der Waals surface area contributed by atoms with Crippen molar-refractivity contribution < 1.29 is 8.42 Å². The molecular formula is C13H24IN5O2S. The summed E-state index contributed by atoms with van der Waals surface area (Å²) in [5, 5.41) is 6.20. The van der Waals surface area contributed by atoms with E-state index in [9.17, 15) is 8.42 Å². The van der Waals surface area contributed by atoms with Gasteiger partial charge in [-0.2, -0.15) is 0 Å². The van der Waals surface area contributed by atoms with Crippen LogP contribution in [0.1, 0.15) is 19.8 Å². The summed E-state index contributed by atoms with van der Waals surface area (Å²) < 4.78 is 26.4. The summed E-state index contributed by atoms with van der Waals surface area (Å²) in [5.41, 5.74) is 0. The highest BCUT2D eigenvalue weighted by Gasteiger charge is 2.12. The fourth-order valence-electron chi connectivity index (χ4n) is 1.56. The van der Waals surface area contributed by atoms with Gasteiger partial charge >= 0.3 is 0 Å². The van der Waals surface area contributed by atoms with Crippen LogP contribution in [0.2, 0.25) is 0 Å². The van der Waals surface area contributed by atoms with Gasteiger partial charge in [0.05, 0.1) is 0 Å². The number of rotatable bonds is 8. The second-order valence-electron chi connectivity index (χ2n) is 4.37. The Hall–Kier alpha value is -0.940. The first-order valence-electron chi connectivity index (χ1n) is 6.94. The number of guanidine groups is 1. The van der Waals surface area contributed by atoms with Gasteiger partial charge in [-0.25, -0.2) is 13.1 Å². The maximum absolute atomic E-state index is 11.9. The minimum absolute atomic E-state index is 0. The molecule has 0 saturated heterocycles. The highest BCUT2D eigenvalue weighted by Crippen LogP contribution is 2.04. The smallest absolute Gasteiger partial charge is 0.242 e. The van der Waals surface area contributed by atoms with Gasteiger partial charge in [-0.15, -0.1) is 24.0 Å². The molecule has 0 saturated carbocycles. The molecule has 0 unspecified atom stereocenters. The third-order valence-electron chi connectivity index (χ3n) is 2.70. The molecular weight excluding hydrogens is 417 g/mol. The molecule has 3 N–H and O–H groups in total. The second-order valence-corrected chi connectivity index (χ2v) is 6.13. The zero-order valence-electron chi connectivity index (χ0n) is 12.9. The van der Waals surface area contributed by atoms with Crippen LogP contribution < -0.4 is 15.4 Å². The molecule has 0 fully saturated rings. The number of sulfonamides is 1. The van der Waals surface area contributed by atoms with Gasteiger partial charge in [-0.1, -0.05) is 13.3 Å². The number of hydrogen-bond donors (Lipinski definition) is 3. The van der Waals surface area contributed by atoms with E-state index in [1.54, 1.807) is 13.1 Å². The van der Waals surface area contributed by atoms with Crippen molar-refractivity contribution in [2.45, 2.75) is 24.7 Å². The first-order chi connectivity index (χ1) is 10.1. The first-order valence-corrected chi connectivity index (χ1v) is 8.42. The molecule has 1 aromatic rings. The Morgan fingerprint density at radius 2 is 2.00 bits per heavy atom.